The number of fused-ring (bicyclic) bond motifs is 2. The number of aryl methyl sites for hydroxylation is 2. The largest absolute Gasteiger partial charge is 0.486 e. The second-order valence-electron chi connectivity index (χ2n) is 10.9. The molecule has 3 heterocycles. The smallest absolute Gasteiger partial charge is 0.267 e. The summed E-state index contributed by atoms with van der Waals surface area (Å²) in [6, 6.07) is 10.1. The van der Waals surface area contributed by atoms with E-state index in [2.05, 4.69) is 14.8 Å². The molecule has 2 aromatic carbocycles. The van der Waals surface area contributed by atoms with E-state index in [0.29, 0.717) is 31.1 Å². The van der Waals surface area contributed by atoms with Crippen LogP contribution in [0.2, 0.25) is 0 Å². The molecule has 226 valence electrons. The number of carbonyl (C=O) groups excluding carboxylic acids is 1. The Morgan fingerprint density at radius 3 is 2.67 bits per heavy atom. The number of nitrogens with zero attached hydrogens (tertiary/aromatic N) is 3. The predicted molar refractivity (Wildman–Crippen MR) is 153 cm³/mol. The lowest BCUT2D eigenvalue weighted by molar-refractivity contribution is 0.0344. The van der Waals surface area contributed by atoms with E-state index in [9.17, 15) is 18.3 Å². The first kappa shape index (κ1) is 29.7. The summed E-state index contributed by atoms with van der Waals surface area (Å²) in [4.78, 5) is 17.4. The molecular formula is C29H36N4O8S. The lowest BCUT2D eigenvalue weighted by Gasteiger charge is -2.38. The van der Waals surface area contributed by atoms with Crippen LogP contribution in [0.1, 0.15) is 41.2 Å². The number of amides is 1. The molecule has 0 aliphatic carbocycles. The van der Waals surface area contributed by atoms with E-state index < -0.39 is 22.2 Å². The Bertz CT molecular complexity index is 1550. The van der Waals surface area contributed by atoms with Crippen molar-refractivity contribution in [2.24, 2.45) is 5.92 Å². The number of rotatable bonds is 9. The zero-order chi connectivity index (χ0) is 30.2. The molecule has 0 spiro atoms. The lowest BCUT2D eigenvalue weighted by Crippen LogP contribution is -2.49. The van der Waals surface area contributed by atoms with Crippen molar-refractivity contribution in [2.75, 3.05) is 38.3 Å². The van der Waals surface area contributed by atoms with Crippen LogP contribution in [0.15, 0.2) is 45.8 Å². The van der Waals surface area contributed by atoms with E-state index in [-0.39, 0.29) is 58.6 Å². The minimum absolute atomic E-state index is 0.0684. The third-order valence-corrected chi connectivity index (χ3v) is 9.16. The molecule has 42 heavy (non-hydrogen) atoms. The number of likely N-dealkylation sites (N-methyl/N-ethyl adjacent to an activating group) is 1. The number of hydrogen-bond acceptors (Lipinski definition) is 10. The standard InChI is InChI=1S/C29H36N4O8S/c1-17-12-33(18(2)15-34)29(35)22-7-6-8-23(31-42(36,37)28-19(3)30-41-20(28)4)27(22)40-26(17)14-32(5)13-21-9-10-24-25(11-21)39-16-38-24/h6-11,17-18,26,31,34H,12-16H2,1-5H3/t17-,18+,26-/m0/s1. The highest BCUT2D eigenvalue weighted by atomic mass is 32.2. The molecule has 0 radical (unpaired) electrons. The highest BCUT2D eigenvalue weighted by Crippen LogP contribution is 2.37. The summed E-state index contributed by atoms with van der Waals surface area (Å²) in [5.41, 5.74) is 1.56. The lowest BCUT2D eigenvalue weighted by atomic mass is 9.99. The molecular weight excluding hydrogens is 564 g/mol. The molecule has 1 amide bonds. The molecule has 0 saturated heterocycles. The summed E-state index contributed by atoms with van der Waals surface area (Å²) in [5, 5.41) is 13.7. The van der Waals surface area contributed by atoms with Crippen molar-refractivity contribution in [3.8, 4) is 17.2 Å². The topological polar surface area (TPSA) is 144 Å². The van der Waals surface area contributed by atoms with Gasteiger partial charge in [0.15, 0.2) is 27.9 Å². The molecule has 0 unspecified atom stereocenters. The second kappa shape index (κ2) is 11.8. The van der Waals surface area contributed by atoms with Gasteiger partial charge in [0.1, 0.15) is 11.8 Å². The molecule has 13 heteroatoms. The minimum Gasteiger partial charge on any atom is -0.486 e. The summed E-state index contributed by atoms with van der Waals surface area (Å²) in [6.45, 7) is 8.20. The van der Waals surface area contributed by atoms with Crippen molar-refractivity contribution < 1.29 is 37.1 Å². The van der Waals surface area contributed by atoms with Gasteiger partial charge in [0.05, 0.1) is 23.9 Å². The highest BCUT2D eigenvalue weighted by molar-refractivity contribution is 7.92. The van der Waals surface area contributed by atoms with Crippen molar-refractivity contribution >= 4 is 21.6 Å². The molecule has 2 aliphatic heterocycles. The van der Waals surface area contributed by atoms with E-state index in [1.165, 1.54) is 6.92 Å². The first-order valence-electron chi connectivity index (χ1n) is 13.7. The molecule has 2 aliphatic rings. The van der Waals surface area contributed by atoms with Gasteiger partial charge in [-0.15, -0.1) is 0 Å². The third kappa shape index (κ3) is 5.90. The number of aliphatic hydroxyl groups excluding tert-OH is 1. The van der Waals surface area contributed by atoms with Gasteiger partial charge in [-0.05, 0) is 57.6 Å². The Morgan fingerprint density at radius 2 is 1.95 bits per heavy atom. The van der Waals surface area contributed by atoms with Gasteiger partial charge in [0.25, 0.3) is 15.9 Å². The van der Waals surface area contributed by atoms with Crippen molar-refractivity contribution in [3.05, 3.63) is 59.0 Å². The number of para-hydroxylation sites is 1. The molecule has 2 N–H and O–H groups in total. The average molecular weight is 601 g/mol. The van der Waals surface area contributed by atoms with E-state index >= 15 is 0 Å². The zero-order valence-electron chi connectivity index (χ0n) is 24.3. The molecule has 5 rings (SSSR count). The monoisotopic (exact) mass is 600 g/mol. The maximum absolute atomic E-state index is 13.8. The molecule has 12 nitrogen and oxygen atoms in total. The van der Waals surface area contributed by atoms with E-state index in [1.54, 1.807) is 36.9 Å². The van der Waals surface area contributed by atoms with Crippen LogP contribution in [0.4, 0.5) is 5.69 Å². The summed E-state index contributed by atoms with van der Waals surface area (Å²) in [5.74, 6) is 1.17. The predicted octanol–water partition coefficient (Wildman–Crippen LogP) is 3.17. The van der Waals surface area contributed by atoms with Crippen molar-refractivity contribution in [1.82, 2.24) is 15.0 Å². The number of benzene rings is 2. The van der Waals surface area contributed by atoms with Crippen molar-refractivity contribution in [2.45, 2.75) is 51.3 Å². The first-order chi connectivity index (χ1) is 20.0. The Labute approximate surface area is 245 Å². The fourth-order valence-corrected chi connectivity index (χ4v) is 6.71. The van der Waals surface area contributed by atoms with Crippen LogP contribution in [0, 0.1) is 19.8 Å². The Morgan fingerprint density at radius 1 is 1.19 bits per heavy atom. The summed E-state index contributed by atoms with van der Waals surface area (Å²) >= 11 is 0. The first-order valence-corrected chi connectivity index (χ1v) is 15.2. The summed E-state index contributed by atoms with van der Waals surface area (Å²) in [6.07, 6.45) is -0.436. The summed E-state index contributed by atoms with van der Waals surface area (Å²) in [7, 11) is -2.16. The molecule has 0 saturated carbocycles. The van der Waals surface area contributed by atoms with Gasteiger partial charge < -0.3 is 28.7 Å². The maximum atomic E-state index is 13.8. The van der Waals surface area contributed by atoms with Crippen LogP contribution in [-0.4, -0.2) is 80.1 Å². The van der Waals surface area contributed by atoms with Crippen LogP contribution < -0.4 is 18.9 Å². The Kier molecular flexibility index (Phi) is 8.35. The molecule has 3 aromatic rings. The number of ether oxygens (including phenoxy) is 3. The molecule has 3 atom stereocenters. The number of hydrogen-bond donors (Lipinski definition) is 2. The van der Waals surface area contributed by atoms with E-state index in [0.717, 1.165) is 5.56 Å². The van der Waals surface area contributed by atoms with E-state index in [1.807, 2.05) is 32.2 Å². The van der Waals surface area contributed by atoms with Crippen molar-refractivity contribution in [3.63, 3.8) is 0 Å². The summed E-state index contributed by atoms with van der Waals surface area (Å²) < 4.78 is 52.0. The van der Waals surface area contributed by atoms with Gasteiger partial charge in [-0.2, -0.15) is 0 Å². The number of aliphatic hydroxyl groups is 1. The van der Waals surface area contributed by atoms with Crippen LogP contribution in [0.3, 0.4) is 0 Å². The number of carbonyl (C=O) groups is 1. The van der Waals surface area contributed by atoms with Crippen LogP contribution in [-0.2, 0) is 16.6 Å². The molecule has 0 bridgehead atoms. The maximum Gasteiger partial charge on any atom is 0.267 e. The van der Waals surface area contributed by atoms with Crippen LogP contribution in [0.25, 0.3) is 0 Å². The number of nitrogens with one attached hydrogen (secondary N) is 1. The minimum atomic E-state index is -4.12. The number of aromatic nitrogens is 1. The third-order valence-electron chi connectivity index (χ3n) is 7.55. The van der Waals surface area contributed by atoms with E-state index in [4.69, 9.17) is 18.7 Å². The van der Waals surface area contributed by atoms with Crippen LogP contribution >= 0.6 is 0 Å². The average Bonchev–Trinajstić information content (AvgIpc) is 3.55. The molecule has 1 aromatic heterocycles. The second-order valence-corrected chi connectivity index (χ2v) is 12.6. The Balaban J connectivity index is 1.48. The van der Waals surface area contributed by atoms with Gasteiger partial charge in [-0.1, -0.05) is 24.2 Å². The van der Waals surface area contributed by atoms with Gasteiger partial charge >= 0.3 is 0 Å². The fraction of sp³-hybridized carbons (Fsp3) is 0.448. The van der Waals surface area contributed by atoms with Gasteiger partial charge in [-0.3, -0.25) is 14.4 Å². The molecule has 0 fully saturated rings. The van der Waals surface area contributed by atoms with Crippen molar-refractivity contribution in [1.29, 1.82) is 0 Å². The van der Waals surface area contributed by atoms with Gasteiger partial charge in [0.2, 0.25) is 6.79 Å². The SMILES string of the molecule is Cc1noc(C)c1S(=O)(=O)Nc1cccc2c1O[C@@H](CN(C)Cc1ccc3c(c1)OCO3)[C@@H](C)CN([C@H](C)CO)C2=O. The van der Waals surface area contributed by atoms with Crippen LogP contribution in [0.5, 0.6) is 17.2 Å². The number of anilines is 1. The van der Waals surface area contributed by atoms with Gasteiger partial charge in [-0.25, -0.2) is 8.42 Å². The number of sulfonamides is 1. The normalized spacial score (nSPS) is 19.2. The quantitative estimate of drug-likeness (QED) is 0.376. The highest BCUT2D eigenvalue weighted by Gasteiger charge is 2.35. The Hall–Kier alpha value is -3.81. The fourth-order valence-electron chi connectivity index (χ4n) is 5.32. The zero-order valence-corrected chi connectivity index (χ0v) is 25.1. The van der Waals surface area contributed by atoms with Gasteiger partial charge in [0, 0.05) is 25.6 Å².